The number of fused-ring (bicyclic) bond motifs is 2. The molecule has 17 heavy (non-hydrogen) atoms. The van der Waals surface area contributed by atoms with Gasteiger partial charge in [-0.25, -0.2) is 0 Å². The normalized spacial score (nSPS) is 33.2. The van der Waals surface area contributed by atoms with E-state index in [1.807, 2.05) is 0 Å². The van der Waals surface area contributed by atoms with Crippen molar-refractivity contribution >= 4 is 11.3 Å². The molecule has 0 spiro atoms. The summed E-state index contributed by atoms with van der Waals surface area (Å²) in [4.78, 5) is 2.54. The molecule has 2 aliphatic carbocycles. The van der Waals surface area contributed by atoms with E-state index in [1.165, 1.54) is 41.0 Å². The van der Waals surface area contributed by atoms with Crippen molar-refractivity contribution in [3.63, 3.8) is 0 Å². The van der Waals surface area contributed by atoms with E-state index >= 15 is 0 Å². The quantitative estimate of drug-likeness (QED) is 0.851. The average Bonchev–Trinajstić information content (AvgIpc) is 2.95. The second-order valence-electron chi connectivity index (χ2n) is 6.07. The molecule has 2 aliphatic rings. The van der Waals surface area contributed by atoms with Crippen LogP contribution in [0.3, 0.4) is 0 Å². The molecule has 0 amide bonds. The number of hydrogen-bond donors (Lipinski definition) is 1. The number of aryl methyl sites for hydroxylation is 2. The maximum absolute atomic E-state index is 10.4. The van der Waals surface area contributed by atoms with Gasteiger partial charge in [-0.05, 0) is 68.9 Å². The van der Waals surface area contributed by atoms with E-state index in [-0.39, 0.29) is 6.10 Å². The summed E-state index contributed by atoms with van der Waals surface area (Å²) in [6.45, 7) is 4.29. The fraction of sp³-hybridized carbons (Fsp3) is 0.733. The van der Waals surface area contributed by atoms with E-state index in [2.05, 4.69) is 19.9 Å². The van der Waals surface area contributed by atoms with Crippen molar-refractivity contribution in [2.75, 3.05) is 0 Å². The van der Waals surface area contributed by atoms with Crippen molar-refractivity contribution < 1.29 is 5.11 Å². The third kappa shape index (κ3) is 2.17. The van der Waals surface area contributed by atoms with Crippen molar-refractivity contribution in [1.82, 2.24) is 0 Å². The van der Waals surface area contributed by atoms with Gasteiger partial charge in [0.15, 0.2) is 0 Å². The summed E-state index contributed by atoms with van der Waals surface area (Å²) in [5.74, 6) is 2.72. The molecule has 94 valence electrons. The molecule has 1 aromatic rings. The van der Waals surface area contributed by atoms with Crippen LogP contribution in [0.1, 0.15) is 53.5 Å². The zero-order valence-electron chi connectivity index (χ0n) is 10.8. The highest BCUT2D eigenvalue weighted by Crippen LogP contribution is 2.51. The topological polar surface area (TPSA) is 20.2 Å². The number of aliphatic hydroxyl groups is 1. The molecule has 0 radical (unpaired) electrons. The summed E-state index contributed by atoms with van der Waals surface area (Å²) in [7, 11) is 0. The molecule has 0 aromatic carbocycles. The molecule has 2 saturated carbocycles. The third-order valence-corrected chi connectivity index (χ3v) is 6.18. The Morgan fingerprint density at radius 3 is 2.71 bits per heavy atom. The molecule has 3 rings (SSSR count). The van der Waals surface area contributed by atoms with Crippen molar-refractivity contribution in [2.45, 2.75) is 52.1 Å². The Morgan fingerprint density at radius 1 is 1.35 bits per heavy atom. The van der Waals surface area contributed by atoms with Gasteiger partial charge in [0, 0.05) is 9.75 Å². The summed E-state index contributed by atoms with van der Waals surface area (Å²) in [6.07, 6.45) is 6.49. The summed E-state index contributed by atoms with van der Waals surface area (Å²) in [5, 5.41) is 10.4. The number of hydrogen-bond acceptors (Lipinski definition) is 2. The van der Waals surface area contributed by atoms with Crippen LogP contribution in [-0.4, -0.2) is 5.11 Å². The van der Waals surface area contributed by atoms with Gasteiger partial charge in [0.1, 0.15) is 0 Å². The molecular formula is C15H22OS. The average molecular weight is 250 g/mol. The van der Waals surface area contributed by atoms with Crippen LogP contribution in [-0.2, 0) is 0 Å². The first-order valence-corrected chi connectivity index (χ1v) is 7.70. The van der Waals surface area contributed by atoms with E-state index in [0.29, 0.717) is 0 Å². The van der Waals surface area contributed by atoms with E-state index in [0.717, 1.165) is 24.2 Å². The first-order chi connectivity index (χ1) is 8.13. The van der Waals surface area contributed by atoms with Crippen LogP contribution < -0.4 is 0 Å². The second-order valence-corrected chi connectivity index (χ2v) is 7.36. The summed E-state index contributed by atoms with van der Waals surface area (Å²) < 4.78 is 0. The van der Waals surface area contributed by atoms with Gasteiger partial charge in [-0.2, -0.15) is 0 Å². The summed E-state index contributed by atoms with van der Waals surface area (Å²) in [6, 6.07) is 2.18. The Hall–Kier alpha value is -0.340. The van der Waals surface area contributed by atoms with Gasteiger partial charge in [0.25, 0.3) is 0 Å². The Labute approximate surface area is 108 Å². The zero-order chi connectivity index (χ0) is 12.0. The lowest BCUT2D eigenvalue weighted by Crippen LogP contribution is -2.13. The standard InChI is InChI=1S/C15H22OS/c1-9-5-15(17-10(9)2)14(16)8-13-7-11-3-4-12(13)6-11/h5,11-14,16H,3-4,6-8H2,1-2H3. The second kappa shape index (κ2) is 4.40. The molecule has 2 bridgehead atoms. The maximum Gasteiger partial charge on any atom is 0.0884 e. The minimum Gasteiger partial charge on any atom is -0.388 e. The molecule has 4 unspecified atom stereocenters. The predicted molar refractivity (Wildman–Crippen MR) is 72.3 cm³/mol. The monoisotopic (exact) mass is 250 g/mol. The van der Waals surface area contributed by atoms with Gasteiger partial charge >= 0.3 is 0 Å². The molecule has 1 aromatic heterocycles. The zero-order valence-corrected chi connectivity index (χ0v) is 11.6. The SMILES string of the molecule is Cc1cc(C(O)CC2CC3CCC2C3)sc1C. The highest BCUT2D eigenvalue weighted by atomic mass is 32.1. The van der Waals surface area contributed by atoms with Crippen LogP contribution in [0.15, 0.2) is 6.07 Å². The summed E-state index contributed by atoms with van der Waals surface area (Å²) in [5.41, 5.74) is 1.33. The van der Waals surface area contributed by atoms with Crippen molar-refractivity contribution in [3.8, 4) is 0 Å². The first kappa shape index (κ1) is 11.7. The Bertz CT molecular complexity index is 390. The molecule has 2 heteroatoms. The van der Waals surface area contributed by atoms with Crippen LogP contribution in [0.25, 0.3) is 0 Å². The van der Waals surface area contributed by atoms with Crippen LogP contribution in [0, 0.1) is 31.6 Å². The lowest BCUT2D eigenvalue weighted by atomic mass is 9.84. The minimum absolute atomic E-state index is 0.211. The fourth-order valence-corrected chi connectivity index (χ4v) is 4.88. The number of rotatable bonds is 3. The van der Waals surface area contributed by atoms with E-state index in [4.69, 9.17) is 0 Å². The van der Waals surface area contributed by atoms with Gasteiger partial charge in [-0.3, -0.25) is 0 Å². The van der Waals surface area contributed by atoms with Crippen LogP contribution in [0.5, 0.6) is 0 Å². The van der Waals surface area contributed by atoms with Crippen LogP contribution >= 0.6 is 11.3 Å². The van der Waals surface area contributed by atoms with Gasteiger partial charge in [0.05, 0.1) is 6.10 Å². The fourth-order valence-electron chi connectivity index (χ4n) is 3.83. The lowest BCUT2D eigenvalue weighted by Gasteiger charge is -2.23. The molecular weight excluding hydrogens is 228 g/mol. The highest BCUT2D eigenvalue weighted by Gasteiger charge is 2.40. The van der Waals surface area contributed by atoms with Gasteiger partial charge < -0.3 is 5.11 Å². The van der Waals surface area contributed by atoms with Gasteiger partial charge in [-0.1, -0.05) is 6.42 Å². The van der Waals surface area contributed by atoms with Crippen LogP contribution in [0.4, 0.5) is 0 Å². The largest absolute Gasteiger partial charge is 0.388 e. The molecule has 1 nitrogen and oxygen atoms in total. The maximum atomic E-state index is 10.4. The number of thiophene rings is 1. The minimum atomic E-state index is -0.211. The number of aliphatic hydroxyl groups excluding tert-OH is 1. The van der Waals surface area contributed by atoms with Crippen molar-refractivity contribution in [1.29, 1.82) is 0 Å². The lowest BCUT2D eigenvalue weighted by molar-refractivity contribution is 0.128. The van der Waals surface area contributed by atoms with Crippen molar-refractivity contribution in [3.05, 3.63) is 21.4 Å². The Morgan fingerprint density at radius 2 is 2.18 bits per heavy atom. The van der Waals surface area contributed by atoms with E-state index in [9.17, 15) is 5.11 Å². The van der Waals surface area contributed by atoms with Crippen LogP contribution in [0.2, 0.25) is 0 Å². The Kier molecular flexibility index (Phi) is 3.04. The van der Waals surface area contributed by atoms with Crippen molar-refractivity contribution in [2.24, 2.45) is 17.8 Å². The molecule has 2 fully saturated rings. The molecule has 1 N–H and O–H groups in total. The predicted octanol–water partition coefficient (Wildman–Crippen LogP) is 4.22. The smallest absolute Gasteiger partial charge is 0.0884 e. The third-order valence-electron chi connectivity index (χ3n) is 4.92. The summed E-state index contributed by atoms with van der Waals surface area (Å²) >= 11 is 1.78. The highest BCUT2D eigenvalue weighted by molar-refractivity contribution is 7.12. The van der Waals surface area contributed by atoms with E-state index in [1.54, 1.807) is 11.3 Å². The molecule has 4 atom stereocenters. The molecule has 0 aliphatic heterocycles. The van der Waals surface area contributed by atoms with E-state index < -0.39 is 0 Å². The Balaban J connectivity index is 1.65. The molecule has 1 heterocycles. The molecule has 0 saturated heterocycles. The van der Waals surface area contributed by atoms with Gasteiger partial charge in [-0.15, -0.1) is 11.3 Å². The van der Waals surface area contributed by atoms with Gasteiger partial charge in [0.2, 0.25) is 0 Å². The first-order valence-electron chi connectivity index (χ1n) is 6.88.